The number of ether oxygens (including phenoxy) is 2. The van der Waals surface area contributed by atoms with E-state index in [0.717, 1.165) is 5.56 Å². The Hall–Kier alpha value is -2.49. The molecule has 156 valence electrons. The van der Waals surface area contributed by atoms with Crippen LogP contribution in [0.25, 0.3) is 6.08 Å². The average Bonchev–Trinajstić information content (AvgIpc) is 2.69. The minimum atomic E-state index is -0.855. The smallest absolute Gasteiger partial charge is 0.308 e. The molecular weight excluding hydrogens is 418 g/mol. The van der Waals surface area contributed by atoms with Gasteiger partial charge in [-0.15, -0.1) is 0 Å². The summed E-state index contributed by atoms with van der Waals surface area (Å²) in [5.74, 6) is -1.35. The van der Waals surface area contributed by atoms with Crippen molar-refractivity contribution >= 4 is 52.8 Å². The summed E-state index contributed by atoms with van der Waals surface area (Å²) in [6, 6.07) is 6.11. The minimum Gasteiger partial charge on any atom is -0.463 e. The molecule has 2 rings (SSSR count). The molecule has 0 aromatic heterocycles. The first-order chi connectivity index (χ1) is 13.9. The van der Waals surface area contributed by atoms with E-state index in [1.54, 1.807) is 30.3 Å². The van der Waals surface area contributed by atoms with Crippen LogP contribution in [0.4, 0.5) is 0 Å². The van der Waals surface area contributed by atoms with Gasteiger partial charge in [-0.3, -0.25) is 19.7 Å². The van der Waals surface area contributed by atoms with Crippen molar-refractivity contribution in [3.8, 4) is 0 Å². The molecule has 0 saturated carbocycles. The van der Waals surface area contributed by atoms with Crippen molar-refractivity contribution < 1.29 is 23.9 Å². The van der Waals surface area contributed by atoms with Crippen LogP contribution in [0.2, 0.25) is 5.02 Å². The van der Waals surface area contributed by atoms with Gasteiger partial charge in [0, 0.05) is 31.3 Å². The molecule has 1 saturated heterocycles. The highest BCUT2D eigenvalue weighted by molar-refractivity contribution is 7.80. The second-order valence-corrected chi connectivity index (χ2v) is 6.92. The van der Waals surface area contributed by atoms with Gasteiger partial charge in [0.05, 0.1) is 13.0 Å². The third-order valence-electron chi connectivity index (χ3n) is 4.03. The monoisotopic (exact) mass is 439 g/mol. The quantitative estimate of drug-likeness (QED) is 0.284. The van der Waals surface area contributed by atoms with Crippen molar-refractivity contribution in [1.82, 2.24) is 15.5 Å². The molecule has 8 nitrogen and oxygen atoms in total. The van der Waals surface area contributed by atoms with Gasteiger partial charge in [-0.25, -0.2) is 0 Å². The van der Waals surface area contributed by atoms with Crippen LogP contribution in [0.15, 0.2) is 30.3 Å². The molecule has 1 unspecified atom stereocenters. The van der Waals surface area contributed by atoms with Crippen LogP contribution in [-0.4, -0.2) is 67.3 Å². The number of thiocarbonyl (C=S) groups is 1. The molecule has 1 heterocycles. The number of methoxy groups -OCH3 is 1. The normalized spacial score (nSPS) is 16.4. The molecule has 10 heteroatoms. The number of nitrogens with zero attached hydrogens (tertiary/aromatic N) is 1. The summed E-state index contributed by atoms with van der Waals surface area (Å²) in [5, 5.41) is 5.91. The highest BCUT2D eigenvalue weighted by atomic mass is 35.5. The van der Waals surface area contributed by atoms with Crippen LogP contribution >= 0.6 is 23.8 Å². The lowest BCUT2D eigenvalue weighted by Gasteiger charge is -2.36. The van der Waals surface area contributed by atoms with Crippen LogP contribution in [-0.2, 0) is 23.9 Å². The molecule has 29 heavy (non-hydrogen) atoms. The molecule has 0 spiro atoms. The number of benzene rings is 1. The van der Waals surface area contributed by atoms with E-state index < -0.39 is 17.9 Å². The minimum absolute atomic E-state index is 0.0697. The summed E-state index contributed by atoms with van der Waals surface area (Å²) >= 11 is 11.1. The zero-order chi connectivity index (χ0) is 21.2. The van der Waals surface area contributed by atoms with Crippen LogP contribution in [0, 0.1) is 0 Å². The van der Waals surface area contributed by atoms with Gasteiger partial charge in [-0.1, -0.05) is 23.7 Å². The Labute approximate surface area is 179 Å². The van der Waals surface area contributed by atoms with Gasteiger partial charge in [0.25, 0.3) is 0 Å². The topological polar surface area (TPSA) is 97.0 Å². The van der Waals surface area contributed by atoms with Crippen LogP contribution in [0.3, 0.4) is 0 Å². The molecule has 1 aromatic rings. The number of carbonyl (C=O) groups excluding carboxylic acids is 3. The Kier molecular flexibility index (Phi) is 9.04. The number of amides is 2. The Morgan fingerprint density at radius 3 is 2.76 bits per heavy atom. The zero-order valence-corrected chi connectivity index (χ0v) is 17.4. The fourth-order valence-corrected chi connectivity index (χ4v) is 3.03. The van der Waals surface area contributed by atoms with Gasteiger partial charge in [-0.2, -0.15) is 0 Å². The number of rotatable bonds is 7. The molecule has 0 aliphatic carbocycles. The van der Waals surface area contributed by atoms with Crippen molar-refractivity contribution in [2.75, 3.05) is 33.4 Å². The number of esters is 1. The maximum atomic E-state index is 12.2. The van der Waals surface area contributed by atoms with Crippen LogP contribution < -0.4 is 10.6 Å². The van der Waals surface area contributed by atoms with E-state index in [1.165, 1.54) is 18.1 Å². The summed E-state index contributed by atoms with van der Waals surface area (Å²) in [7, 11) is 1.49. The van der Waals surface area contributed by atoms with E-state index in [0.29, 0.717) is 18.1 Å². The molecule has 1 fully saturated rings. The summed E-state index contributed by atoms with van der Waals surface area (Å²) in [6.07, 6.45) is 2.75. The SMILES string of the molecule is COCCOC(=O)CC1C(=O)NCCN1C(=S)NC(=O)/C=C/c1ccc(Cl)cc1. The maximum Gasteiger partial charge on any atom is 0.308 e. The highest BCUT2D eigenvalue weighted by Crippen LogP contribution is 2.12. The fraction of sp³-hybridized carbons (Fsp3) is 0.368. The molecule has 0 bridgehead atoms. The van der Waals surface area contributed by atoms with Crippen LogP contribution in [0.5, 0.6) is 0 Å². The lowest BCUT2D eigenvalue weighted by Crippen LogP contribution is -2.60. The highest BCUT2D eigenvalue weighted by Gasteiger charge is 2.34. The predicted octanol–water partition coefficient (Wildman–Crippen LogP) is 1.13. The molecule has 1 aliphatic heterocycles. The van der Waals surface area contributed by atoms with Gasteiger partial charge in [0.1, 0.15) is 12.6 Å². The van der Waals surface area contributed by atoms with Crippen molar-refractivity contribution in [2.45, 2.75) is 12.5 Å². The predicted molar refractivity (Wildman–Crippen MR) is 112 cm³/mol. The first-order valence-corrected chi connectivity index (χ1v) is 9.67. The summed E-state index contributed by atoms with van der Waals surface area (Å²) in [4.78, 5) is 37.9. The second kappa shape index (κ2) is 11.5. The van der Waals surface area contributed by atoms with Gasteiger partial charge in [0.2, 0.25) is 11.8 Å². The number of hydrogen-bond acceptors (Lipinski definition) is 6. The number of carbonyl (C=O) groups is 3. The fourth-order valence-electron chi connectivity index (χ4n) is 2.58. The van der Waals surface area contributed by atoms with E-state index in [9.17, 15) is 14.4 Å². The zero-order valence-electron chi connectivity index (χ0n) is 15.9. The Bertz CT molecular complexity index is 785. The molecule has 2 amide bonds. The van der Waals surface area contributed by atoms with Crippen molar-refractivity contribution in [2.24, 2.45) is 0 Å². The number of hydrogen-bond donors (Lipinski definition) is 2. The van der Waals surface area contributed by atoms with E-state index in [4.69, 9.17) is 33.3 Å². The Morgan fingerprint density at radius 2 is 2.07 bits per heavy atom. The first-order valence-electron chi connectivity index (χ1n) is 8.88. The van der Waals surface area contributed by atoms with Gasteiger partial charge in [0.15, 0.2) is 5.11 Å². The summed E-state index contributed by atoms with van der Waals surface area (Å²) in [6.45, 7) is 1.08. The lowest BCUT2D eigenvalue weighted by atomic mass is 10.1. The van der Waals surface area contributed by atoms with Gasteiger partial charge >= 0.3 is 5.97 Å². The molecule has 1 atom stereocenters. The summed E-state index contributed by atoms with van der Waals surface area (Å²) in [5.41, 5.74) is 0.796. The van der Waals surface area contributed by atoms with Crippen LogP contribution in [0.1, 0.15) is 12.0 Å². The lowest BCUT2D eigenvalue weighted by molar-refractivity contribution is -0.148. The maximum absolute atomic E-state index is 12.2. The largest absolute Gasteiger partial charge is 0.463 e. The standard InChI is InChI=1S/C19H22ClN3O5S/c1-27-10-11-28-17(25)12-15-18(26)21-8-9-23(15)19(29)22-16(24)7-4-13-2-5-14(20)6-3-13/h2-7,15H,8-12H2,1H3,(H,21,26)(H,22,24,29)/b7-4+. The number of piperazine rings is 1. The van der Waals surface area contributed by atoms with E-state index in [-0.39, 0.29) is 30.7 Å². The number of halogens is 1. The van der Waals surface area contributed by atoms with Gasteiger partial charge in [-0.05, 0) is 36.0 Å². The summed E-state index contributed by atoms with van der Waals surface area (Å²) < 4.78 is 9.84. The third kappa shape index (κ3) is 7.45. The molecule has 2 N–H and O–H groups in total. The van der Waals surface area contributed by atoms with Crippen molar-refractivity contribution in [3.05, 3.63) is 40.9 Å². The molecular formula is C19H22ClN3O5S. The number of nitrogens with one attached hydrogen (secondary N) is 2. The third-order valence-corrected chi connectivity index (χ3v) is 4.62. The molecule has 1 aliphatic rings. The first kappa shape index (κ1) is 22.8. The van der Waals surface area contributed by atoms with E-state index in [2.05, 4.69) is 10.6 Å². The average molecular weight is 440 g/mol. The molecule has 1 aromatic carbocycles. The second-order valence-electron chi connectivity index (χ2n) is 6.10. The van der Waals surface area contributed by atoms with Gasteiger partial charge < -0.3 is 19.7 Å². The Balaban J connectivity index is 1.94. The molecule has 0 radical (unpaired) electrons. The van der Waals surface area contributed by atoms with Crippen molar-refractivity contribution in [3.63, 3.8) is 0 Å². The van der Waals surface area contributed by atoms with E-state index in [1.807, 2.05) is 0 Å². The van der Waals surface area contributed by atoms with E-state index >= 15 is 0 Å². The van der Waals surface area contributed by atoms with Crippen molar-refractivity contribution in [1.29, 1.82) is 0 Å². The Morgan fingerprint density at radius 1 is 1.34 bits per heavy atom.